The molecular formula is C22H26O5. The average molecular weight is 370 g/mol. The maximum Gasteiger partial charge on any atom is 0.154 e. The van der Waals surface area contributed by atoms with Crippen LogP contribution in [0.3, 0.4) is 0 Å². The zero-order chi connectivity index (χ0) is 18.6. The van der Waals surface area contributed by atoms with Gasteiger partial charge in [-0.15, -0.1) is 0 Å². The van der Waals surface area contributed by atoms with Gasteiger partial charge in [0.25, 0.3) is 0 Å². The Morgan fingerprint density at radius 3 is 2.70 bits per heavy atom. The van der Waals surface area contributed by atoms with Gasteiger partial charge in [0, 0.05) is 0 Å². The molecule has 27 heavy (non-hydrogen) atoms. The Labute approximate surface area is 160 Å². The minimum absolute atomic E-state index is 0.0202. The molecule has 5 nitrogen and oxygen atoms in total. The van der Waals surface area contributed by atoms with Crippen molar-refractivity contribution < 1.29 is 23.7 Å². The van der Waals surface area contributed by atoms with Crippen LogP contribution in [0.1, 0.15) is 18.4 Å². The molecule has 1 saturated heterocycles. The Bertz CT molecular complexity index is 708. The lowest BCUT2D eigenvalue weighted by Crippen LogP contribution is -2.60. The largest absolute Gasteiger partial charge is 0.497 e. The maximum atomic E-state index is 6.37. The molecule has 0 aliphatic carbocycles. The van der Waals surface area contributed by atoms with Crippen molar-refractivity contribution in [2.75, 3.05) is 13.7 Å². The average Bonchev–Trinajstić information content (AvgIpc) is 2.96. The summed E-state index contributed by atoms with van der Waals surface area (Å²) < 4.78 is 30.1. The van der Waals surface area contributed by atoms with Crippen LogP contribution in [0.2, 0.25) is 0 Å². The standard InChI is InChI=1S/C22H26O5/c1-3-16-11-12-19-21(26-16)22(20-18(27-19)6-4-5-13-24-20)25-14-15-7-9-17(23-2)10-8-15/h3-5,7-11,18-22H,1,6,12-14H2,2H3/t18-,19+,20-,21+,22+/m1/s1. The second kappa shape index (κ2) is 8.30. The molecule has 0 radical (unpaired) electrons. The molecule has 1 fully saturated rings. The Morgan fingerprint density at radius 1 is 1.11 bits per heavy atom. The van der Waals surface area contributed by atoms with Gasteiger partial charge >= 0.3 is 0 Å². The van der Waals surface area contributed by atoms with Gasteiger partial charge in [0.15, 0.2) is 6.10 Å². The number of ether oxygens (including phenoxy) is 5. The summed E-state index contributed by atoms with van der Waals surface area (Å²) in [4.78, 5) is 0. The van der Waals surface area contributed by atoms with Crippen molar-refractivity contribution in [2.45, 2.75) is 50.0 Å². The number of methoxy groups -OCH3 is 1. The van der Waals surface area contributed by atoms with E-state index in [0.29, 0.717) is 13.2 Å². The van der Waals surface area contributed by atoms with Crippen molar-refractivity contribution in [3.63, 3.8) is 0 Å². The molecular weight excluding hydrogens is 344 g/mol. The van der Waals surface area contributed by atoms with E-state index in [1.54, 1.807) is 13.2 Å². The Balaban J connectivity index is 1.53. The fourth-order valence-corrected chi connectivity index (χ4v) is 3.85. The van der Waals surface area contributed by atoms with Crippen molar-refractivity contribution in [3.05, 3.63) is 66.5 Å². The molecule has 5 heteroatoms. The van der Waals surface area contributed by atoms with E-state index in [0.717, 1.165) is 29.9 Å². The number of hydrogen-bond donors (Lipinski definition) is 0. The Morgan fingerprint density at radius 2 is 1.93 bits per heavy atom. The van der Waals surface area contributed by atoms with Crippen molar-refractivity contribution in [2.24, 2.45) is 0 Å². The molecule has 0 saturated carbocycles. The third kappa shape index (κ3) is 3.95. The van der Waals surface area contributed by atoms with E-state index in [9.17, 15) is 0 Å². The molecule has 0 bridgehead atoms. The van der Waals surface area contributed by atoms with Crippen LogP contribution in [0.5, 0.6) is 5.75 Å². The Hall–Kier alpha value is -2.08. The number of hydrogen-bond acceptors (Lipinski definition) is 5. The van der Waals surface area contributed by atoms with Crippen LogP contribution in [0, 0.1) is 0 Å². The minimum atomic E-state index is -0.209. The van der Waals surface area contributed by atoms with Gasteiger partial charge in [-0.25, -0.2) is 0 Å². The molecule has 3 aliphatic heterocycles. The van der Waals surface area contributed by atoms with E-state index in [1.807, 2.05) is 36.4 Å². The normalized spacial score (nSPS) is 32.3. The first-order valence-electron chi connectivity index (χ1n) is 9.44. The summed E-state index contributed by atoms with van der Waals surface area (Å²) in [6.45, 7) is 4.87. The van der Waals surface area contributed by atoms with Crippen LogP contribution in [0.25, 0.3) is 0 Å². The first kappa shape index (κ1) is 18.3. The van der Waals surface area contributed by atoms with Gasteiger partial charge in [-0.2, -0.15) is 0 Å². The van der Waals surface area contributed by atoms with E-state index >= 15 is 0 Å². The van der Waals surface area contributed by atoms with Crippen LogP contribution in [0.4, 0.5) is 0 Å². The second-order valence-electron chi connectivity index (χ2n) is 6.97. The molecule has 0 amide bonds. The van der Waals surface area contributed by atoms with Crippen molar-refractivity contribution >= 4 is 0 Å². The van der Waals surface area contributed by atoms with Crippen LogP contribution in [-0.4, -0.2) is 44.2 Å². The summed E-state index contributed by atoms with van der Waals surface area (Å²) in [5, 5.41) is 0. The number of fused-ring (bicyclic) bond motifs is 2. The summed E-state index contributed by atoms with van der Waals surface area (Å²) in [6, 6.07) is 7.91. The molecule has 3 heterocycles. The molecule has 1 aromatic carbocycles. The lowest BCUT2D eigenvalue weighted by molar-refractivity contribution is -0.251. The fraction of sp³-hybridized carbons (Fsp3) is 0.455. The van der Waals surface area contributed by atoms with Crippen LogP contribution >= 0.6 is 0 Å². The van der Waals surface area contributed by atoms with E-state index in [4.69, 9.17) is 23.7 Å². The lowest BCUT2D eigenvalue weighted by Gasteiger charge is -2.47. The summed E-state index contributed by atoms with van der Waals surface area (Å²) in [5.74, 6) is 1.61. The van der Waals surface area contributed by atoms with Crippen LogP contribution < -0.4 is 4.74 Å². The van der Waals surface area contributed by atoms with E-state index < -0.39 is 0 Å². The molecule has 0 N–H and O–H groups in total. The predicted octanol–water partition coefficient (Wildman–Crippen LogP) is 3.55. The first-order chi connectivity index (χ1) is 13.3. The molecule has 5 atom stereocenters. The van der Waals surface area contributed by atoms with Crippen molar-refractivity contribution in [3.8, 4) is 5.75 Å². The van der Waals surface area contributed by atoms with Gasteiger partial charge in [0.1, 0.15) is 29.8 Å². The van der Waals surface area contributed by atoms with E-state index in [1.165, 1.54) is 0 Å². The van der Waals surface area contributed by atoms with Gasteiger partial charge in [-0.05, 0) is 42.7 Å². The van der Waals surface area contributed by atoms with Crippen LogP contribution in [-0.2, 0) is 25.6 Å². The molecule has 0 spiro atoms. The molecule has 0 unspecified atom stereocenters. The van der Waals surface area contributed by atoms with Crippen molar-refractivity contribution in [1.29, 1.82) is 0 Å². The molecule has 1 aromatic rings. The first-order valence-corrected chi connectivity index (χ1v) is 9.44. The zero-order valence-corrected chi connectivity index (χ0v) is 15.6. The van der Waals surface area contributed by atoms with Gasteiger partial charge in [0.05, 0.1) is 26.4 Å². The molecule has 0 aromatic heterocycles. The monoisotopic (exact) mass is 370 g/mol. The number of benzene rings is 1. The lowest BCUT2D eigenvalue weighted by atomic mass is 9.90. The summed E-state index contributed by atoms with van der Waals surface area (Å²) in [5.41, 5.74) is 1.08. The highest BCUT2D eigenvalue weighted by Crippen LogP contribution is 2.36. The summed E-state index contributed by atoms with van der Waals surface area (Å²) >= 11 is 0. The summed E-state index contributed by atoms with van der Waals surface area (Å²) in [7, 11) is 1.66. The van der Waals surface area contributed by atoms with Gasteiger partial charge in [-0.1, -0.05) is 30.9 Å². The van der Waals surface area contributed by atoms with E-state index in [-0.39, 0.29) is 30.5 Å². The SMILES string of the molecule is C=CC1=CC[C@@H]2O[C@@H]3CC=CCO[C@H]3[C@H](OCc3ccc(OC)cc3)[C@H]2O1. The quantitative estimate of drug-likeness (QED) is 0.742. The van der Waals surface area contributed by atoms with Gasteiger partial charge in [0.2, 0.25) is 0 Å². The smallest absolute Gasteiger partial charge is 0.154 e. The Kier molecular flexibility index (Phi) is 5.62. The predicted molar refractivity (Wildman–Crippen MR) is 101 cm³/mol. The van der Waals surface area contributed by atoms with Crippen LogP contribution in [0.15, 0.2) is 60.9 Å². The van der Waals surface area contributed by atoms with E-state index in [2.05, 4.69) is 12.7 Å². The zero-order valence-electron chi connectivity index (χ0n) is 15.6. The topological polar surface area (TPSA) is 46.2 Å². The molecule has 4 rings (SSSR count). The van der Waals surface area contributed by atoms with Crippen molar-refractivity contribution in [1.82, 2.24) is 0 Å². The highest BCUT2D eigenvalue weighted by Gasteiger charge is 2.49. The fourth-order valence-electron chi connectivity index (χ4n) is 3.85. The molecule has 3 aliphatic rings. The second-order valence-corrected chi connectivity index (χ2v) is 6.97. The minimum Gasteiger partial charge on any atom is -0.497 e. The molecule has 144 valence electrons. The maximum absolute atomic E-state index is 6.37. The highest BCUT2D eigenvalue weighted by atomic mass is 16.6. The third-order valence-electron chi connectivity index (χ3n) is 5.28. The number of rotatable bonds is 5. The van der Waals surface area contributed by atoms with Gasteiger partial charge in [-0.3, -0.25) is 0 Å². The number of allylic oxidation sites excluding steroid dienone is 1. The highest BCUT2D eigenvalue weighted by molar-refractivity contribution is 5.26. The third-order valence-corrected chi connectivity index (χ3v) is 5.28. The summed E-state index contributed by atoms with van der Waals surface area (Å²) in [6.07, 6.45) is 8.92. The van der Waals surface area contributed by atoms with Gasteiger partial charge < -0.3 is 23.7 Å².